The highest BCUT2D eigenvalue weighted by molar-refractivity contribution is 7.23. The maximum absolute atomic E-state index is 5.99. The summed E-state index contributed by atoms with van der Waals surface area (Å²) in [5.74, 6) is 0.792. The second-order valence-electron chi connectivity index (χ2n) is 25.6. The quantitative estimate of drug-likeness (QED) is 0.0370. The van der Waals surface area contributed by atoms with Gasteiger partial charge in [-0.15, -0.1) is 22.7 Å². The monoisotopic (exact) mass is 1200 g/mol. The van der Waals surface area contributed by atoms with Crippen LogP contribution < -0.4 is 0 Å². The molecule has 0 spiro atoms. The van der Waals surface area contributed by atoms with Crippen molar-refractivity contribution in [3.63, 3.8) is 0 Å². The van der Waals surface area contributed by atoms with E-state index >= 15 is 0 Å². The third-order valence-electron chi connectivity index (χ3n) is 18.6. The van der Waals surface area contributed by atoms with E-state index < -0.39 is 0 Å². The lowest BCUT2D eigenvalue weighted by Crippen LogP contribution is -2.04. The Balaban J connectivity index is 1.21. The fourth-order valence-corrected chi connectivity index (χ4v) is 15.6. The minimum Gasteiger partial charge on any atom is -0.228 e. The van der Waals surface area contributed by atoms with Crippen LogP contribution in [0, 0.1) is 13.8 Å². The maximum atomic E-state index is 5.99. The largest absolute Gasteiger partial charge is 0.228 e. The molecule has 3 aromatic heterocycles. The summed E-state index contributed by atoms with van der Waals surface area (Å²) in [4.78, 5) is 17.4. The van der Waals surface area contributed by atoms with Gasteiger partial charge in [0.1, 0.15) is 0 Å². The van der Waals surface area contributed by atoms with Crippen molar-refractivity contribution in [2.45, 2.75) is 221 Å². The molecule has 0 saturated carbocycles. The molecule has 0 unspecified atom stereocenters. The van der Waals surface area contributed by atoms with Crippen LogP contribution in [0.15, 0.2) is 158 Å². The number of unbranched alkanes of at least 4 members (excludes halogenated alkanes) is 20. The van der Waals surface area contributed by atoms with Gasteiger partial charge >= 0.3 is 0 Å². The summed E-state index contributed by atoms with van der Waals surface area (Å²) in [6.45, 7) is 13.9. The van der Waals surface area contributed by atoms with Crippen LogP contribution in [-0.4, -0.2) is 9.97 Å². The van der Waals surface area contributed by atoms with Gasteiger partial charge in [0.05, 0.1) is 11.4 Å². The molecule has 458 valence electrons. The van der Waals surface area contributed by atoms with Crippen molar-refractivity contribution in [1.82, 2.24) is 9.97 Å². The van der Waals surface area contributed by atoms with Gasteiger partial charge < -0.3 is 0 Å². The average molecular weight is 1200 g/mol. The van der Waals surface area contributed by atoms with Crippen LogP contribution in [0.4, 0.5) is 0 Å². The number of thiophene rings is 2. The molecule has 0 aliphatic rings. The van der Waals surface area contributed by atoms with Crippen molar-refractivity contribution >= 4 is 44.2 Å². The Morgan fingerprint density at radius 3 is 1.18 bits per heavy atom. The second-order valence-corrected chi connectivity index (χ2v) is 27.9. The summed E-state index contributed by atoms with van der Waals surface area (Å²) in [5.41, 5.74) is 19.1. The van der Waals surface area contributed by atoms with Gasteiger partial charge in [-0.3, -0.25) is 0 Å². The zero-order valence-corrected chi connectivity index (χ0v) is 56.2. The predicted octanol–water partition coefficient (Wildman–Crippen LogP) is 26.8. The number of hydrogen-bond acceptors (Lipinski definition) is 4. The maximum Gasteiger partial charge on any atom is 0.160 e. The van der Waals surface area contributed by atoms with Crippen molar-refractivity contribution < 1.29 is 0 Å². The molecule has 0 radical (unpaired) electrons. The van der Waals surface area contributed by atoms with Gasteiger partial charge in [-0.05, 0) is 209 Å². The van der Waals surface area contributed by atoms with Gasteiger partial charge in [0.15, 0.2) is 5.82 Å². The number of hydrogen-bond donors (Lipinski definition) is 0. The first kappa shape index (κ1) is 64.5. The number of benzene rings is 7. The van der Waals surface area contributed by atoms with E-state index in [4.69, 9.17) is 9.97 Å². The average Bonchev–Trinajstić information content (AvgIpc) is 2.00. The third-order valence-corrected chi connectivity index (χ3v) is 20.9. The molecule has 0 aliphatic carbocycles. The van der Waals surface area contributed by atoms with E-state index in [0.717, 1.165) is 54.9 Å². The highest BCUT2D eigenvalue weighted by atomic mass is 32.1. The van der Waals surface area contributed by atoms with Gasteiger partial charge in [0.2, 0.25) is 0 Å². The minimum atomic E-state index is 0.792. The van der Waals surface area contributed by atoms with Gasteiger partial charge in [-0.2, -0.15) is 0 Å². The van der Waals surface area contributed by atoms with E-state index in [1.807, 2.05) is 22.7 Å². The molecular formula is C84H100N2S2. The van der Waals surface area contributed by atoms with Crippen molar-refractivity contribution in [3.05, 3.63) is 190 Å². The van der Waals surface area contributed by atoms with Crippen LogP contribution in [0.5, 0.6) is 0 Å². The lowest BCUT2D eigenvalue weighted by Gasteiger charge is -2.20. The summed E-state index contributed by atoms with van der Waals surface area (Å²) in [5, 5.41) is 4.98. The normalized spacial score (nSPS) is 11.7. The fourth-order valence-electron chi connectivity index (χ4n) is 13.5. The number of nitrogens with zero attached hydrogens (tertiary/aromatic N) is 2. The Kier molecular flexibility index (Phi) is 24.5. The van der Waals surface area contributed by atoms with Crippen LogP contribution in [0.2, 0.25) is 0 Å². The van der Waals surface area contributed by atoms with E-state index in [1.165, 1.54) is 255 Å². The van der Waals surface area contributed by atoms with E-state index in [2.05, 4.69) is 199 Å². The Labute approximate surface area is 538 Å². The number of aryl methyl sites for hydroxylation is 6. The lowest BCUT2D eigenvalue weighted by molar-refractivity contribution is 0.605. The van der Waals surface area contributed by atoms with Gasteiger partial charge in [0.25, 0.3) is 0 Å². The Hall–Kier alpha value is -6.46. The molecule has 0 amide bonds. The molecule has 0 atom stereocenters. The summed E-state index contributed by atoms with van der Waals surface area (Å²) in [6, 6.07) is 60.8. The lowest BCUT2D eigenvalue weighted by atomic mass is 9.88. The molecule has 2 nitrogen and oxygen atoms in total. The molecule has 0 saturated heterocycles. The van der Waals surface area contributed by atoms with Gasteiger partial charge in [-0.1, -0.05) is 247 Å². The summed E-state index contributed by atoms with van der Waals surface area (Å²) >= 11 is 3.89. The Morgan fingerprint density at radius 1 is 0.295 bits per heavy atom. The predicted molar refractivity (Wildman–Crippen MR) is 389 cm³/mol. The summed E-state index contributed by atoms with van der Waals surface area (Å²) in [6.07, 6.45) is 34.8. The van der Waals surface area contributed by atoms with E-state index in [-0.39, 0.29) is 0 Å². The van der Waals surface area contributed by atoms with E-state index in [9.17, 15) is 0 Å². The minimum absolute atomic E-state index is 0.792. The van der Waals surface area contributed by atoms with Gasteiger partial charge in [-0.25, -0.2) is 9.97 Å². The number of fused-ring (bicyclic) bond motifs is 2. The smallest absolute Gasteiger partial charge is 0.160 e. The van der Waals surface area contributed by atoms with Gasteiger partial charge in [0, 0.05) is 36.2 Å². The second kappa shape index (κ2) is 33.4. The van der Waals surface area contributed by atoms with Crippen molar-refractivity contribution in [1.29, 1.82) is 0 Å². The van der Waals surface area contributed by atoms with E-state index in [1.54, 1.807) is 0 Å². The van der Waals surface area contributed by atoms with Crippen molar-refractivity contribution in [3.8, 4) is 76.4 Å². The molecule has 4 heteroatoms. The SMILES string of the molecule is CCCCCCCCc1cc(-c2cc(-c3cc(CCCCCCCC)c(-c4ccc(-c5ccc(C)s5)s4)cc3CCCCCCCC)nc(-c3cc(-c4cccc5ccccc45)cc(-c4cccc5ccccc45)c3)n2)c(CCCCCCCC)cc1C. The molecule has 3 heterocycles. The van der Waals surface area contributed by atoms with Crippen LogP contribution >= 0.6 is 22.7 Å². The van der Waals surface area contributed by atoms with Crippen LogP contribution in [-0.2, 0) is 25.7 Å². The number of aromatic nitrogens is 2. The molecule has 0 N–H and O–H groups in total. The van der Waals surface area contributed by atoms with E-state index in [0.29, 0.717) is 0 Å². The molecule has 10 rings (SSSR count). The highest BCUT2D eigenvalue weighted by Crippen LogP contribution is 2.44. The third kappa shape index (κ3) is 17.1. The zero-order chi connectivity index (χ0) is 60.9. The Morgan fingerprint density at radius 2 is 0.682 bits per heavy atom. The molecule has 10 aromatic rings. The first-order valence-corrected chi connectivity index (χ1v) is 36.4. The summed E-state index contributed by atoms with van der Waals surface area (Å²) in [7, 11) is 0. The van der Waals surface area contributed by atoms with Crippen molar-refractivity contribution in [2.24, 2.45) is 0 Å². The topological polar surface area (TPSA) is 25.8 Å². The van der Waals surface area contributed by atoms with Crippen LogP contribution in [0.3, 0.4) is 0 Å². The van der Waals surface area contributed by atoms with Crippen LogP contribution in [0.1, 0.15) is 214 Å². The standard InChI is InChI=1S/C84H100N2S2/c1-7-11-15-19-23-27-39-65-57-76(66(53-61(65)5)40-28-24-20-16-12-8-2)79-60-80(86-84(85-79)71-55-69(74-47-35-43-63-37-31-33-45-72(63)74)54-70(56-71)75-48-36-44-64-38-32-34-46-73(64)75)77-58-68(42-30-26-22-18-14-10-4)78(59-67(77)41-29-25-21-17-13-9-3)81-51-52-83(88-81)82-50-49-62(6)87-82/h31-38,43-60H,7-30,39-42H2,1-6H3. The highest BCUT2D eigenvalue weighted by Gasteiger charge is 2.22. The molecule has 0 aliphatic heterocycles. The molecule has 0 bridgehead atoms. The zero-order valence-electron chi connectivity index (χ0n) is 54.5. The molecule has 7 aromatic carbocycles. The van der Waals surface area contributed by atoms with Crippen molar-refractivity contribution in [2.75, 3.05) is 0 Å². The number of rotatable bonds is 35. The molecule has 88 heavy (non-hydrogen) atoms. The first-order valence-electron chi connectivity index (χ1n) is 34.8. The fraction of sp³-hybridized carbons (Fsp3) is 0.405. The first-order chi connectivity index (χ1) is 43.3. The molecular weight excluding hydrogens is 1100 g/mol. The molecule has 0 fully saturated rings. The van der Waals surface area contributed by atoms with Crippen LogP contribution in [0.25, 0.3) is 97.9 Å². The summed E-state index contributed by atoms with van der Waals surface area (Å²) < 4.78 is 0. The Bertz CT molecular complexity index is 3710.